The summed E-state index contributed by atoms with van der Waals surface area (Å²) in [6.45, 7) is 1.83. The molecule has 10 nitrogen and oxygen atoms in total. The van der Waals surface area contributed by atoms with E-state index >= 15 is 0 Å². The van der Waals surface area contributed by atoms with Crippen LogP contribution in [0.5, 0.6) is 0 Å². The Morgan fingerprint density at radius 1 is 1.40 bits per heavy atom. The third-order valence-electron chi connectivity index (χ3n) is 5.01. The lowest BCUT2D eigenvalue weighted by atomic mass is 10.1. The highest BCUT2D eigenvalue weighted by Gasteiger charge is 2.35. The topological polar surface area (TPSA) is 134 Å². The lowest BCUT2D eigenvalue weighted by Crippen LogP contribution is -2.56. The summed E-state index contributed by atoms with van der Waals surface area (Å²) in [4.78, 5) is 49.2. The van der Waals surface area contributed by atoms with Gasteiger partial charge in [-0.15, -0.1) is 0 Å². The van der Waals surface area contributed by atoms with Gasteiger partial charge in [0.2, 0.25) is 5.91 Å². The number of hydrogen-bond acceptors (Lipinski definition) is 6. The first-order valence-electron chi connectivity index (χ1n) is 9.66. The first-order chi connectivity index (χ1) is 14.2. The number of nitrogens with one attached hydrogen (secondary N) is 3. The van der Waals surface area contributed by atoms with Crippen LogP contribution in [0.4, 0.5) is 4.39 Å². The van der Waals surface area contributed by atoms with Crippen LogP contribution in [0, 0.1) is 18.8 Å². The van der Waals surface area contributed by atoms with Crippen LogP contribution in [0.1, 0.15) is 41.9 Å². The Labute approximate surface area is 176 Å². The normalized spacial score (nSPS) is 20.2. The largest absolute Gasteiger partial charge is 0.361 e. The molecule has 1 aromatic heterocycles. The first-order valence-corrected chi connectivity index (χ1v) is 10.1. The molecule has 3 N–H and O–H groups in total. The molecule has 0 radical (unpaired) electrons. The van der Waals surface area contributed by atoms with Crippen LogP contribution in [0.25, 0.3) is 0 Å². The molecule has 30 heavy (non-hydrogen) atoms. The third kappa shape index (κ3) is 5.68. The van der Waals surface area contributed by atoms with Crippen molar-refractivity contribution in [3.8, 4) is 0 Å². The van der Waals surface area contributed by atoms with E-state index in [-0.39, 0.29) is 24.1 Å². The number of halogens is 2. The zero-order valence-corrected chi connectivity index (χ0v) is 17.1. The van der Waals surface area contributed by atoms with Crippen molar-refractivity contribution in [1.82, 2.24) is 26.2 Å². The van der Waals surface area contributed by atoms with Gasteiger partial charge in [-0.25, -0.2) is 9.40 Å². The molecule has 0 bridgehead atoms. The number of aromatic nitrogens is 1. The maximum absolute atomic E-state index is 13.5. The van der Waals surface area contributed by atoms with E-state index in [9.17, 15) is 23.6 Å². The fourth-order valence-electron chi connectivity index (χ4n) is 3.18. The van der Waals surface area contributed by atoms with Crippen molar-refractivity contribution in [2.75, 3.05) is 13.1 Å². The second kappa shape index (κ2) is 9.41. The Morgan fingerprint density at radius 2 is 2.13 bits per heavy atom. The fraction of sp³-hybridized carbons (Fsp3) is 0.611. The Bertz CT molecular complexity index is 828. The number of carbonyl (C=O) groups excluding carboxylic acids is 4. The first kappa shape index (κ1) is 22.0. The monoisotopic (exact) mass is 443 g/mol. The number of amides is 4. The molecule has 1 saturated carbocycles. The van der Waals surface area contributed by atoms with Gasteiger partial charge in [-0.3, -0.25) is 24.6 Å². The van der Waals surface area contributed by atoms with Gasteiger partial charge in [-0.05, 0) is 25.7 Å². The predicted octanol–water partition coefficient (Wildman–Crippen LogP) is 0.412. The lowest BCUT2D eigenvalue weighted by Gasteiger charge is -2.28. The summed E-state index contributed by atoms with van der Waals surface area (Å²) >= 11 is 5.27. The van der Waals surface area contributed by atoms with Crippen LogP contribution in [-0.4, -0.2) is 58.6 Å². The smallest absolute Gasteiger partial charge is 0.291 e. The molecule has 1 saturated heterocycles. The van der Waals surface area contributed by atoms with Crippen LogP contribution >= 0.6 is 11.6 Å². The minimum absolute atomic E-state index is 0.0150. The Hall–Kier alpha value is -2.69. The molecular formula is C18H23ClFN5O5. The summed E-state index contributed by atoms with van der Waals surface area (Å²) in [6, 6.07) is 0.444. The van der Waals surface area contributed by atoms with E-state index in [1.54, 1.807) is 6.92 Å². The summed E-state index contributed by atoms with van der Waals surface area (Å²) in [6.07, 6.45) is 2.62. The average molecular weight is 444 g/mol. The standard InChI is InChI=1S/C18H23ClFN5O5/c1-9-6-13(24-30-9)16(27)22-12(7-10-2-3-10)17(28)23-25(18(29)14(19)20)8-11-4-5-21-15(11)26/h6,10-12,14H,2-5,7-8H2,1H3,(H,21,26)(H,22,27)(H,23,28)/t11-,12?,14?/m0/s1. The quantitative estimate of drug-likeness (QED) is 0.393. The van der Waals surface area contributed by atoms with Gasteiger partial charge in [-0.1, -0.05) is 29.6 Å². The number of rotatable bonds is 8. The van der Waals surface area contributed by atoms with Crippen molar-refractivity contribution in [2.45, 2.75) is 44.3 Å². The van der Waals surface area contributed by atoms with Crippen LogP contribution < -0.4 is 16.1 Å². The van der Waals surface area contributed by atoms with E-state index in [0.717, 1.165) is 12.8 Å². The average Bonchev–Trinajstić information content (AvgIpc) is 3.26. The Morgan fingerprint density at radius 3 is 2.67 bits per heavy atom. The number of hydrazine groups is 1. The van der Waals surface area contributed by atoms with Gasteiger partial charge in [-0.2, -0.15) is 0 Å². The van der Waals surface area contributed by atoms with Crippen molar-refractivity contribution < 1.29 is 28.1 Å². The molecule has 12 heteroatoms. The summed E-state index contributed by atoms with van der Waals surface area (Å²) < 4.78 is 18.3. The van der Waals surface area contributed by atoms with Gasteiger partial charge in [0.1, 0.15) is 11.8 Å². The van der Waals surface area contributed by atoms with Crippen LogP contribution in [0.15, 0.2) is 10.6 Å². The number of aryl methyl sites for hydroxylation is 1. The van der Waals surface area contributed by atoms with Crippen molar-refractivity contribution in [3.63, 3.8) is 0 Å². The second-order valence-electron chi connectivity index (χ2n) is 7.53. The molecule has 0 aromatic carbocycles. The highest BCUT2D eigenvalue weighted by atomic mass is 35.5. The van der Waals surface area contributed by atoms with Crippen LogP contribution in [0.3, 0.4) is 0 Å². The maximum Gasteiger partial charge on any atom is 0.291 e. The number of carbonyl (C=O) groups is 4. The molecule has 1 aliphatic carbocycles. The summed E-state index contributed by atoms with van der Waals surface area (Å²) in [7, 11) is 0. The molecule has 3 rings (SSSR count). The van der Waals surface area contributed by atoms with Gasteiger partial charge in [0, 0.05) is 12.6 Å². The van der Waals surface area contributed by atoms with E-state index < -0.39 is 35.3 Å². The van der Waals surface area contributed by atoms with Gasteiger partial charge in [0.25, 0.3) is 23.4 Å². The minimum Gasteiger partial charge on any atom is -0.361 e. The summed E-state index contributed by atoms with van der Waals surface area (Å²) in [5.74, 6) is -2.71. The molecule has 1 aliphatic heterocycles. The second-order valence-corrected chi connectivity index (χ2v) is 7.91. The molecule has 164 valence electrons. The SMILES string of the molecule is Cc1cc(C(=O)NC(CC2CC2)C(=O)NN(C[C@@H]2CCNC2=O)C(=O)C(F)Cl)no1. The van der Waals surface area contributed by atoms with E-state index in [1.165, 1.54) is 6.07 Å². The lowest BCUT2D eigenvalue weighted by molar-refractivity contribution is -0.145. The molecule has 4 amide bonds. The molecule has 3 atom stereocenters. The van der Waals surface area contributed by atoms with E-state index in [2.05, 4.69) is 21.2 Å². The van der Waals surface area contributed by atoms with E-state index in [0.29, 0.717) is 30.2 Å². The third-order valence-corrected chi connectivity index (χ3v) is 5.20. The summed E-state index contributed by atoms with van der Waals surface area (Å²) in [5, 5.41) is 9.51. The predicted molar refractivity (Wildman–Crippen MR) is 102 cm³/mol. The minimum atomic E-state index is -2.38. The van der Waals surface area contributed by atoms with Crippen LogP contribution in [0.2, 0.25) is 0 Å². The molecule has 1 aromatic rings. The van der Waals surface area contributed by atoms with E-state index in [4.69, 9.17) is 16.1 Å². The van der Waals surface area contributed by atoms with Crippen LogP contribution in [-0.2, 0) is 14.4 Å². The zero-order chi connectivity index (χ0) is 21.8. The maximum atomic E-state index is 13.5. The molecular weight excluding hydrogens is 421 g/mol. The molecule has 2 fully saturated rings. The van der Waals surface area contributed by atoms with Crippen molar-refractivity contribution in [3.05, 3.63) is 17.5 Å². The fourth-order valence-corrected chi connectivity index (χ4v) is 3.30. The highest BCUT2D eigenvalue weighted by molar-refractivity contribution is 6.29. The number of hydrogen-bond donors (Lipinski definition) is 3. The van der Waals surface area contributed by atoms with Gasteiger partial charge in [0.15, 0.2) is 5.69 Å². The zero-order valence-electron chi connectivity index (χ0n) is 16.3. The highest BCUT2D eigenvalue weighted by Crippen LogP contribution is 2.33. The number of alkyl halides is 2. The molecule has 2 heterocycles. The summed E-state index contributed by atoms with van der Waals surface area (Å²) in [5.41, 5.74) is -0.0471. The van der Waals surface area contributed by atoms with Crippen molar-refractivity contribution >= 4 is 35.2 Å². The number of nitrogens with zero attached hydrogens (tertiary/aromatic N) is 2. The van der Waals surface area contributed by atoms with E-state index in [1.807, 2.05) is 0 Å². The Balaban J connectivity index is 1.69. The molecule has 0 spiro atoms. The van der Waals surface area contributed by atoms with Gasteiger partial charge in [0.05, 0.1) is 12.5 Å². The molecule has 2 aliphatic rings. The van der Waals surface area contributed by atoms with Crippen molar-refractivity contribution in [2.24, 2.45) is 11.8 Å². The molecule has 2 unspecified atom stereocenters. The van der Waals surface area contributed by atoms with Gasteiger partial charge < -0.3 is 15.2 Å². The Kier molecular flexibility index (Phi) is 6.91. The van der Waals surface area contributed by atoms with Crippen molar-refractivity contribution in [1.29, 1.82) is 0 Å². The van der Waals surface area contributed by atoms with Gasteiger partial charge >= 0.3 is 0 Å².